The Bertz CT molecular complexity index is 706. The first-order valence-electron chi connectivity index (χ1n) is 7.26. The lowest BCUT2D eigenvalue weighted by molar-refractivity contribution is 0.0238. The molecule has 0 aliphatic carbocycles. The summed E-state index contributed by atoms with van der Waals surface area (Å²) < 4.78 is 1.83. The molecule has 114 valence electrons. The average Bonchev–Trinajstić information content (AvgIpc) is 2.92. The summed E-state index contributed by atoms with van der Waals surface area (Å²) in [6.07, 6.45) is 5.35. The number of aromatic nitrogens is 4. The van der Waals surface area contributed by atoms with Crippen LogP contribution in [0.2, 0.25) is 0 Å². The van der Waals surface area contributed by atoms with Gasteiger partial charge in [-0.25, -0.2) is 4.98 Å². The van der Waals surface area contributed by atoms with Crippen molar-refractivity contribution in [2.75, 3.05) is 18.0 Å². The van der Waals surface area contributed by atoms with Crippen LogP contribution in [0.15, 0.2) is 24.7 Å². The van der Waals surface area contributed by atoms with Crippen molar-refractivity contribution in [1.29, 1.82) is 5.26 Å². The molecule has 0 saturated carbocycles. The molecule has 0 radical (unpaired) electrons. The van der Waals surface area contributed by atoms with E-state index in [-0.39, 0.29) is 0 Å². The minimum Gasteiger partial charge on any atom is -0.388 e. The second kappa shape index (κ2) is 5.73. The third-order valence-electron chi connectivity index (χ3n) is 4.07. The standard InChI is InChI=1S/C15H18N6O/c1-20-11-18-19-14(20)8-15(22)4-2-6-21(10-15)13-3-5-17-12(7-13)9-16/h3,5,7,11,22H,2,4,6,8,10H2,1H3. The van der Waals surface area contributed by atoms with Crippen molar-refractivity contribution >= 4 is 5.69 Å². The second-order valence-electron chi connectivity index (χ2n) is 5.80. The van der Waals surface area contributed by atoms with Crippen molar-refractivity contribution in [2.45, 2.75) is 24.9 Å². The summed E-state index contributed by atoms with van der Waals surface area (Å²) in [5.74, 6) is 0.775. The first kappa shape index (κ1) is 14.5. The summed E-state index contributed by atoms with van der Waals surface area (Å²) in [6, 6.07) is 5.68. The molecular formula is C15H18N6O. The lowest BCUT2D eigenvalue weighted by Crippen LogP contribution is -2.50. The minimum absolute atomic E-state index is 0.389. The molecule has 1 fully saturated rings. The zero-order valence-corrected chi connectivity index (χ0v) is 12.5. The van der Waals surface area contributed by atoms with E-state index in [9.17, 15) is 5.11 Å². The smallest absolute Gasteiger partial charge is 0.142 e. The molecule has 1 saturated heterocycles. The Morgan fingerprint density at radius 1 is 1.50 bits per heavy atom. The predicted molar refractivity (Wildman–Crippen MR) is 80.1 cm³/mol. The topological polar surface area (TPSA) is 90.9 Å². The van der Waals surface area contributed by atoms with Gasteiger partial charge >= 0.3 is 0 Å². The van der Waals surface area contributed by atoms with Crippen LogP contribution in [-0.2, 0) is 13.5 Å². The van der Waals surface area contributed by atoms with Crippen molar-refractivity contribution in [3.05, 3.63) is 36.2 Å². The van der Waals surface area contributed by atoms with Crippen LogP contribution in [0.1, 0.15) is 24.4 Å². The molecule has 3 rings (SSSR count). The number of pyridine rings is 1. The summed E-state index contributed by atoms with van der Waals surface area (Å²) in [7, 11) is 1.88. The molecule has 1 atom stereocenters. The van der Waals surface area contributed by atoms with Crippen molar-refractivity contribution in [2.24, 2.45) is 7.05 Å². The lowest BCUT2D eigenvalue weighted by atomic mass is 9.89. The molecule has 1 unspecified atom stereocenters. The quantitative estimate of drug-likeness (QED) is 0.895. The number of anilines is 1. The average molecular weight is 298 g/mol. The highest BCUT2D eigenvalue weighted by Crippen LogP contribution is 2.28. The molecule has 1 aliphatic rings. The molecular weight excluding hydrogens is 280 g/mol. The Balaban J connectivity index is 1.78. The van der Waals surface area contributed by atoms with Crippen LogP contribution >= 0.6 is 0 Å². The summed E-state index contributed by atoms with van der Waals surface area (Å²) >= 11 is 0. The molecule has 22 heavy (non-hydrogen) atoms. The van der Waals surface area contributed by atoms with E-state index in [1.165, 1.54) is 0 Å². The number of rotatable bonds is 3. The fourth-order valence-corrected chi connectivity index (χ4v) is 2.92. The van der Waals surface area contributed by atoms with Gasteiger partial charge in [-0.1, -0.05) is 0 Å². The zero-order valence-electron chi connectivity index (χ0n) is 12.5. The van der Waals surface area contributed by atoms with Crippen LogP contribution in [0.3, 0.4) is 0 Å². The molecule has 1 aliphatic heterocycles. The Labute approximate surface area is 128 Å². The predicted octanol–water partition coefficient (Wildman–Crippen LogP) is 0.656. The Hall–Kier alpha value is -2.46. The van der Waals surface area contributed by atoms with Gasteiger partial charge in [0.25, 0.3) is 0 Å². The molecule has 2 aromatic heterocycles. The largest absolute Gasteiger partial charge is 0.388 e. The molecule has 0 bridgehead atoms. The van der Waals surface area contributed by atoms with Crippen LogP contribution in [0.4, 0.5) is 5.69 Å². The van der Waals surface area contributed by atoms with Gasteiger partial charge in [0, 0.05) is 38.4 Å². The SMILES string of the molecule is Cn1cnnc1CC1(O)CCCN(c2ccnc(C#N)c2)C1. The molecule has 7 nitrogen and oxygen atoms in total. The van der Waals surface area contributed by atoms with Gasteiger partial charge < -0.3 is 14.6 Å². The van der Waals surface area contributed by atoms with E-state index in [1.807, 2.05) is 23.8 Å². The van der Waals surface area contributed by atoms with Crippen LogP contribution in [0, 0.1) is 11.3 Å². The van der Waals surface area contributed by atoms with Crippen molar-refractivity contribution in [3.63, 3.8) is 0 Å². The lowest BCUT2D eigenvalue weighted by Gasteiger charge is -2.40. The molecule has 0 aromatic carbocycles. The summed E-state index contributed by atoms with van der Waals surface area (Å²) in [5.41, 5.74) is 0.470. The molecule has 7 heteroatoms. The maximum Gasteiger partial charge on any atom is 0.142 e. The van der Waals surface area contributed by atoms with E-state index in [4.69, 9.17) is 5.26 Å². The highest BCUT2D eigenvalue weighted by atomic mass is 16.3. The first-order chi connectivity index (χ1) is 10.6. The van der Waals surface area contributed by atoms with Crippen LogP contribution in [-0.4, -0.2) is 43.5 Å². The van der Waals surface area contributed by atoms with Crippen molar-refractivity contribution in [3.8, 4) is 6.07 Å². The van der Waals surface area contributed by atoms with Gasteiger partial charge in [-0.3, -0.25) is 0 Å². The Kier molecular flexibility index (Phi) is 3.77. The number of hydrogen-bond acceptors (Lipinski definition) is 6. The monoisotopic (exact) mass is 298 g/mol. The zero-order chi connectivity index (χ0) is 15.6. The third kappa shape index (κ3) is 2.92. The van der Waals surface area contributed by atoms with Crippen LogP contribution < -0.4 is 4.90 Å². The normalized spacial score (nSPS) is 21.6. The van der Waals surface area contributed by atoms with Crippen LogP contribution in [0.5, 0.6) is 0 Å². The molecule has 1 N–H and O–H groups in total. The minimum atomic E-state index is -0.838. The summed E-state index contributed by atoms with van der Waals surface area (Å²) in [5, 5.41) is 27.8. The number of β-amino-alcohol motifs (C(OH)–C–C–N with tert-alkyl or cyclic N) is 1. The molecule has 3 heterocycles. The number of aryl methyl sites for hydroxylation is 1. The Morgan fingerprint density at radius 3 is 3.09 bits per heavy atom. The summed E-state index contributed by atoms with van der Waals surface area (Å²) in [6.45, 7) is 1.37. The van der Waals surface area contributed by atoms with Gasteiger partial charge in [0.2, 0.25) is 0 Å². The Morgan fingerprint density at radius 2 is 2.36 bits per heavy atom. The van der Waals surface area contributed by atoms with E-state index in [2.05, 4.69) is 20.1 Å². The summed E-state index contributed by atoms with van der Waals surface area (Å²) in [4.78, 5) is 6.09. The second-order valence-corrected chi connectivity index (χ2v) is 5.80. The van der Waals surface area contributed by atoms with Crippen molar-refractivity contribution in [1.82, 2.24) is 19.7 Å². The highest BCUT2D eigenvalue weighted by molar-refractivity contribution is 5.49. The fourth-order valence-electron chi connectivity index (χ4n) is 2.92. The highest BCUT2D eigenvalue weighted by Gasteiger charge is 2.35. The number of aliphatic hydroxyl groups is 1. The van der Waals surface area contributed by atoms with E-state index in [0.29, 0.717) is 18.7 Å². The maximum absolute atomic E-state index is 10.9. The molecule has 0 amide bonds. The van der Waals surface area contributed by atoms with Gasteiger partial charge in [-0.2, -0.15) is 5.26 Å². The van der Waals surface area contributed by atoms with Gasteiger partial charge in [0.05, 0.1) is 5.60 Å². The van der Waals surface area contributed by atoms with Crippen molar-refractivity contribution < 1.29 is 5.11 Å². The van der Waals surface area contributed by atoms with Crippen LogP contribution in [0.25, 0.3) is 0 Å². The van der Waals surface area contributed by atoms with E-state index < -0.39 is 5.60 Å². The van der Waals surface area contributed by atoms with E-state index in [1.54, 1.807) is 18.6 Å². The molecule has 2 aromatic rings. The van der Waals surface area contributed by atoms with Gasteiger partial charge in [-0.15, -0.1) is 10.2 Å². The number of nitriles is 1. The third-order valence-corrected chi connectivity index (χ3v) is 4.07. The number of nitrogens with zero attached hydrogens (tertiary/aromatic N) is 6. The first-order valence-corrected chi connectivity index (χ1v) is 7.26. The van der Waals surface area contributed by atoms with Gasteiger partial charge in [0.1, 0.15) is 23.9 Å². The fraction of sp³-hybridized carbons (Fsp3) is 0.467. The van der Waals surface area contributed by atoms with Gasteiger partial charge in [-0.05, 0) is 25.0 Å². The maximum atomic E-state index is 10.9. The molecule has 0 spiro atoms. The van der Waals surface area contributed by atoms with E-state index >= 15 is 0 Å². The number of piperidine rings is 1. The van der Waals surface area contributed by atoms with E-state index in [0.717, 1.165) is 30.9 Å². The number of hydrogen-bond donors (Lipinski definition) is 1. The van der Waals surface area contributed by atoms with Gasteiger partial charge in [0.15, 0.2) is 0 Å².